The zero-order valence-corrected chi connectivity index (χ0v) is 43.0. The lowest BCUT2D eigenvalue weighted by Crippen LogP contribution is -2.57. The Morgan fingerprint density at radius 3 is 1.53 bits per heavy atom. The van der Waals surface area contributed by atoms with Gasteiger partial charge in [-0.1, -0.05) is 179 Å². The van der Waals surface area contributed by atoms with Crippen LogP contribution in [0.15, 0.2) is 164 Å². The topological polar surface area (TPSA) is 129 Å². The number of ether oxygens (including phenoxy) is 1. The monoisotopic (exact) mass is 981 g/mol. The average molecular weight is 981 g/mol. The van der Waals surface area contributed by atoms with Crippen molar-refractivity contribution in [1.82, 2.24) is 19.6 Å². The van der Waals surface area contributed by atoms with Crippen molar-refractivity contribution in [1.29, 1.82) is 0 Å². The van der Waals surface area contributed by atoms with Crippen molar-refractivity contribution in [2.75, 3.05) is 52.4 Å². The van der Waals surface area contributed by atoms with E-state index in [9.17, 15) is 14.7 Å². The highest BCUT2D eigenvalue weighted by Crippen LogP contribution is 2.27. The molecule has 7 aromatic rings. The summed E-state index contributed by atoms with van der Waals surface area (Å²) in [4.78, 5) is 36.2. The number of hydrogen-bond acceptors (Lipinski definition) is 8. The predicted octanol–water partition coefficient (Wildman–Crippen LogP) is 10.7. The third kappa shape index (κ3) is 14.1. The van der Waals surface area contributed by atoms with E-state index in [2.05, 4.69) is 77.1 Å². The molecule has 7 aromatic carbocycles. The number of nitrogens with two attached hydrogens (primary N) is 2. The number of amides is 2. The molecule has 0 saturated carbocycles. The fourth-order valence-electron chi connectivity index (χ4n) is 10.8. The summed E-state index contributed by atoms with van der Waals surface area (Å²) in [6, 6.07) is 54.6. The van der Waals surface area contributed by atoms with Crippen LogP contribution in [0.5, 0.6) is 11.5 Å². The lowest BCUT2D eigenvalue weighted by atomic mass is 9.99. The van der Waals surface area contributed by atoms with E-state index in [1.165, 1.54) is 0 Å². The number of fused-ring (bicyclic) bond motifs is 2. The molecule has 2 aliphatic heterocycles. The second kappa shape index (κ2) is 26.4. The van der Waals surface area contributed by atoms with Gasteiger partial charge in [-0.05, 0) is 88.2 Å². The lowest BCUT2D eigenvalue weighted by molar-refractivity contribution is 0.0439. The Morgan fingerprint density at radius 1 is 0.548 bits per heavy atom. The molecule has 0 aromatic heterocycles. The maximum atomic E-state index is 13.7. The summed E-state index contributed by atoms with van der Waals surface area (Å²) < 4.78 is 6.19. The number of carbonyl (C=O) groups excluding carboxylic acids is 2. The van der Waals surface area contributed by atoms with Crippen LogP contribution in [0.3, 0.4) is 0 Å². The van der Waals surface area contributed by atoms with Gasteiger partial charge in [0.05, 0.1) is 0 Å². The summed E-state index contributed by atoms with van der Waals surface area (Å²) in [5.41, 5.74) is 18.0. The molecule has 0 aliphatic carbocycles. The largest absolute Gasteiger partial charge is 0.508 e. The van der Waals surface area contributed by atoms with Gasteiger partial charge < -0.3 is 31.1 Å². The third-order valence-corrected chi connectivity index (χ3v) is 14.7. The molecular weight excluding hydrogens is 905 g/mol. The van der Waals surface area contributed by atoms with Crippen molar-refractivity contribution in [3.8, 4) is 11.5 Å². The predicted molar refractivity (Wildman–Crippen MR) is 298 cm³/mol. The maximum Gasteiger partial charge on any atom is 0.254 e. The standard InChI is InChI=1S/C35H41N3O2.C28H35N3O2/c1-2-3-17-31-25-38(35(39)33-19-11-16-28-14-7-9-18-32(28)33)22-21-37(31)24-30(36)23-29-15-8-10-20-34(29)40-26-27-12-5-4-6-13-27;1-2-3-12-24-20-31(28(33)26-14-8-11-21-9-4-6-13-25(21)26)17-16-30(24)19-23(29)18-22-10-5-7-15-27(22)32/h4-16,18-20,30-31H,2-3,17,21-26,36H2,1H3;4-11,13-15,23-24,32H,2-3,12,16-20,29H2,1H3/t30?,31-;23?,24-/m00/s1. The molecule has 0 radical (unpaired) electrons. The van der Waals surface area contributed by atoms with Crippen LogP contribution >= 0.6 is 0 Å². The van der Waals surface area contributed by atoms with Crippen LogP contribution in [0, 0.1) is 0 Å². The number of para-hydroxylation sites is 2. The van der Waals surface area contributed by atoms with E-state index in [1.807, 2.05) is 114 Å². The number of phenols is 1. The van der Waals surface area contributed by atoms with Crippen molar-refractivity contribution in [3.63, 3.8) is 0 Å². The smallest absolute Gasteiger partial charge is 0.254 e. The molecule has 2 amide bonds. The summed E-state index contributed by atoms with van der Waals surface area (Å²) in [5.74, 6) is 1.45. The number of phenolic OH excluding ortho intramolecular Hbond substituents is 1. The summed E-state index contributed by atoms with van der Waals surface area (Å²) in [6.07, 6.45) is 8.06. The molecule has 10 nitrogen and oxygen atoms in total. The minimum atomic E-state index is -0.0669. The molecule has 382 valence electrons. The highest BCUT2D eigenvalue weighted by molar-refractivity contribution is 6.08. The Kier molecular flexibility index (Phi) is 19.1. The van der Waals surface area contributed by atoms with Crippen molar-refractivity contribution in [2.45, 2.75) is 96.0 Å². The van der Waals surface area contributed by atoms with E-state index in [1.54, 1.807) is 6.07 Å². The van der Waals surface area contributed by atoms with Crippen LogP contribution in [0.4, 0.5) is 0 Å². The van der Waals surface area contributed by atoms with Gasteiger partial charge >= 0.3 is 0 Å². The van der Waals surface area contributed by atoms with E-state index >= 15 is 0 Å². The molecule has 10 heteroatoms. The molecule has 2 heterocycles. The van der Waals surface area contributed by atoms with Gasteiger partial charge in [0.25, 0.3) is 11.8 Å². The molecule has 0 spiro atoms. The second-order valence-corrected chi connectivity index (χ2v) is 20.1. The molecule has 2 unspecified atom stereocenters. The molecule has 73 heavy (non-hydrogen) atoms. The average Bonchev–Trinajstić information content (AvgIpc) is 3.42. The fraction of sp³-hybridized carbons (Fsp3) is 0.365. The van der Waals surface area contributed by atoms with Gasteiger partial charge in [-0.15, -0.1) is 0 Å². The van der Waals surface area contributed by atoms with Crippen LogP contribution in [0.1, 0.15) is 89.8 Å². The number of hydrogen-bond donors (Lipinski definition) is 3. The van der Waals surface area contributed by atoms with Crippen molar-refractivity contribution in [2.24, 2.45) is 11.5 Å². The van der Waals surface area contributed by atoms with Crippen LogP contribution in [0.2, 0.25) is 0 Å². The Labute approximate surface area is 433 Å². The van der Waals surface area contributed by atoms with E-state index in [4.69, 9.17) is 16.2 Å². The fourth-order valence-corrected chi connectivity index (χ4v) is 10.8. The van der Waals surface area contributed by atoms with Crippen LogP contribution in [-0.2, 0) is 19.4 Å². The number of rotatable bonds is 19. The van der Waals surface area contributed by atoms with Crippen LogP contribution in [-0.4, -0.2) is 113 Å². The van der Waals surface area contributed by atoms with Gasteiger partial charge in [0.2, 0.25) is 0 Å². The number of piperazine rings is 2. The zero-order valence-electron chi connectivity index (χ0n) is 43.0. The van der Waals surface area contributed by atoms with Gasteiger partial charge in [-0.25, -0.2) is 0 Å². The Bertz CT molecular complexity index is 2850. The SMILES string of the molecule is CCCC[C@H]1CN(C(=O)c2cccc3ccccc23)CCN1CC(N)Cc1ccccc1O.CCCC[C@H]1CN(C(=O)c2cccc3ccccc23)CCN1CC(N)Cc1ccccc1OCc1ccccc1. The van der Waals surface area contributed by atoms with E-state index in [0.29, 0.717) is 44.0 Å². The summed E-state index contributed by atoms with van der Waals surface area (Å²) in [5, 5.41) is 14.3. The van der Waals surface area contributed by atoms with Gasteiger partial charge in [-0.2, -0.15) is 0 Å². The van der Waals surface area contributed by atoms with Gasteiger partial charge in [-0.3, -0.25) is 19.4 Å². The first kappa shape index (κ1) is 52.8. The molecule has 4 atom stereocenters. The van der Waals surface area contributed by atoms with Crippen molar-refractivity contribution < 1.29 is 19.4 Å². The molecule has 5 N–H and O–H groups in total. The highest BCUT2D eigenvalue weighted by atomic mass is 16.5. The number of nitrogens with zero attached hydrogens (tertiary/aromatic N) is 4. The van der Waals surface area contributed by atoms with Crippen molar-refractivity contribution >= 4 is 33.4 Å². The highest BCUT2D eigenvalue weighted by Gasteiger charge is 2.33. The first-order valence-corrected chi connectivity index (χ1v) is 26.7. The van der Waals surface area contributed by atoms with E-state index in [0.717, 1.165) is 139 Å². The number of carbonyl (C=O) groups is 2. The quantitative estimate of drug-likeness (QED) is 0.0731. The van der Waals surface area contributed by atoms with Crippen molar-refractivity contribution in [3.05, 3.63) is 192 Å². The first-order chi connectivity index (χ1) is 35.7. The molecule has 2 aliphatic rings. The summed E-state index contributed by atoms with van der Waals surface area (Å²) in [6.45, 7) is 11.1. The Hall–Kier alpha value is -6.56. The van der Waals surface area contributed by atoms with Gasteiger partial charge in [0.1, 0.15) is 18.1 Å². The molecular formula is C63H76N6O4. The van der Waals surface area contributed by atoms with Crippen LogP contribution in [0.25, 0.3) is 21.5 Å². The molecule has 2 fully saturated rings. The maximum absolute atomic E-state index is 13.7. The molecule has 2 saturated heterocycles. The minimum Gasteiger partial charge on any atom is -0.508 e. The Balaban J connectivity index is 0.000000199. The van der Waals surface area contributed by atoms with Gasteiger partial charge in [0, 0.05) is 87.7 Å². The van der Waals surface area contributed by atoms with E-state index in [-0.39, 0.29) is 23.9 Å². The molecule has 9 rings (SSSR count). The van der Waals surface area contributed by atoms with Gasteiger partial charge in [0.15, 0.2) is 0 Å². The minimum absolute atomic E-state index is 0.0223. The normalized spacial score (nSPS) is 17.2. The Morgan fingerprint density at radius 2 is 1.00 bits per heavy atom. The lowest BCUT2D eigenvalue weighted by Gasteiger charge is -2.42. The first-order valence-electron chi connectivity index (χ1n) is 26.7. The molecule has 0 bridgehead atoms. The number of unbranched alkanes of at least 4 members (excludes halogenated alkanes) is 2. The summed E-state index contributed by atoms with van der Waals surface area (Å²) in [7, 11) is 0. The third-order valence-electron chi connectivity index (χ3n) is 14.7. The second-order valence-electron chi connectivity index (χ2n) is 20.1. The number of aromatic hydroxyl groups is 1. The zero-order chi connectivity index (χ0) is 50.9. The number of benzene rings is 7. The summed E-state index contributed by atoms with van der Waals surface area (Å²) >= 11 is 0. The van der Waals surface area contributed by atoms with E-state index < -0.39 is 0 Å². The van der Waals surface area contributed by atoms with Crippen LogP contribution < -0.4 is 16.2 Å².